The van der Waals surface area contributed by atoms with Gasteiger partial charge in [0.15, 0.2) is 0 Å². The first-order valence-corrected chi connectivity index (χ1v) is 4.72. The van der Waals surface area contributed by atoms with E-state index in [9.17, 15) is 5.11 Å². The number of phenolic OH excluding ortho intramolecular Hbond substituents is 1. The summed E-state index contributed by atoms with van der Waals surface area (Å²) < 4.78 is 0. The van der Waals surface area contributed by atoms with Crippen molar-refractivity contribution in [2.24, 2.45) is 5.73 Å². The van der Waals surface area contributed by atoms with Gasteiger partial charge in [-0.05, 0) is 25.0 Å². The average molecular weight is 179 g/mol. The number of hydrogen-bond donors (Lipinski definition) is 2. The fourth-order valence-corrected chi connectivity index (χ4v) is 1.41. The Morgan fingerprint density at radius 2 is 2.15 bits per heavy atom. The molecule has 2 nitrogen and oxygen atoms in total. The van der Waals surface area contributed by atoms with Gasteiger partial charge in [-0.2, -0.15) is 0 Å². The molecular weight excluding hydrogens is 162 g/mol. The average Bonchev–Trinajstić information content (AvgIpc) is 2.08. The van der Waals surface area contributed by atoms with E-state index in [0.717, 1.165) is 18.4 Å². The number of benzene rings is 1. The summed E-state index contributed by atoms with van der Waals surface area (Å²) in [6.45, 7) is 4.02. The summed E-state index contributed by atoms with van der Waals surface area (Å²) in [6, 6.07) is 5.56. The molecule has 2 heteroatoms. The number of hydrogen-bond acceptors (Lipinski definition) is 2. The molecule has 72 valence electrons. The van der Waals surface area contributed by atoms with Gasteiger partial charge in [0.05, 0.1) is 0 Å². The summed E-state index contributed by atoms with van der Waals surface area (Å²) >= 11 is 0. The molecular formula is C11H17NO. The number of phenols is 1. The molecule has 0 saturated carbocycles. The molecule has 0 unspecified atom stereocenters. The van der Waals surface area contributed by atoms with E-state index in [0.29, 0.717) is 5.75 Å². The minimum Gasteiger partial charge on any atom is -0.508 e. The van der Waals surface area contributed by atoms with Crippen molar-refractivity contribution < 1.29 is 5.11 Å². The number of aryl methyl sites for hydroxylation is 1. The Kier molecular flexibility index (Phi) is 3.32. The van der Waals surface area contributed by atoms with E-state index >= 15 is 0 Å². The van der Waals surface area contributed by atoms with Crippen molar-refractivity contribution in [3.63, 3.8) is 0 Å². The van der Waals surface area contributed by atoms with Gasteiger partial charge in [-0.1, -0.05) is 25.5 Å². The third kappa shape index (κ3) is 2.46. The number of aromatic hydroxyl groups is 1. The summed E-state index contributed by atoms with van der Waals surface area (Å²) in [4.78, 5) is 0. The van der Waals surface area contributed by atoms with Crippen LogP contribution in [0.1, 0.15) is 37.4 Å². The molecule has 0 aromatic heterocycles. The first-order chi connectivity index (χ1) is 6.15. The van der Waals surface area contributed by atoms with Crippen LogP contribution in [0.4, 0.5) is 0 Å². The van der Waals surface area contributed by atoms with Crippen molar-refractivity contribution in [2.45, 2.75) is 32.7 Å². The molecule has 0 heterocycles. The molecule has 0 saturated heterocycles. The molecule has 0 fully saturated rings. The summed E-state index contributed by atoms with van der Waals surface area (Å²) in [5.74, 6) is 0.301. The van der Waals surface area contributed by atoms with Crippen LogP contribution >= 0.6 is 0 Å². The Labute approximate surface area is 79.4 Å². The highest BCUT2D eigenvalue weighted by Gasteiger charge is 2.06. The van der Waals surface area contributed by atoms with Crippen LogP contribution in [0.5, 0.6) is 5.75 Å². The highest BCUT2D eigenvalue weighted by atomic mass is 16.3. The van der Waals surface area contributed by atoms with Gasteiger partial charge in [-0.25, -0.2) is 0 Å². The predicted octanol–water partition coefficient (Wildman–Crippen LogP) is 2.36. The Balaban J connectivity index is 2.97. The molecule has 0 amide bonds. The summed E-state index contributed by atoms with van der Waals surface area (Å²) in [5.41, 5.74) is 7.80. The van der Waals surface area contributed by atoms with E-state index in [1.807, 2.05) is 19.1 Å². The van der Waals surface area contributed by atoms with Gasteiger partial charge in [0.25, 0.3) is 0 Å². The third-order valence-corrected chi connectivity index (χ3v) is 2.12. The van der Waals surface area contributed by atoms with Crippen LogP contribution < -0.4 is 5.73 Å². The molecule has 0 radical (unpaired) electrons. The lowest BCUT2D eigenvalue weighted by Gasteiger charge is -2.10. The molecule has 0 bridgehead atoms. The maximum atomic E-state index is 9.49. The monoisotopic (exact) mass is 179 g/mol. The molecule has 0 spiro atoms. The second-order valence-corrected chi connectivity index (χ2v) is 3.43. The molecule has 13 heavy (non-hydrogen) atoms. The van der Waals surface area contributed by atoms with Crippen LogP contribution in [0.3, 0.4) is 0 Å². The first kappa shape index (κ1) is 10.1. The first-order valence-electron chi connectivity index (χ1n) is 4.72. The quantitative estimate of drug-likeness (QED) is 0.748. The van der Waals surface area contributed by atoms with Crippen molar-refractivity contribution in [3.05, 3.63) is 29.3 Å². The van der Waals surface area contributed by atoms with Crippen LogP contribution in [-0.4, -0.2) is 5.11 Å². The second kappa shape index (κ2) is 4.28. The molecule has 1 aromatic carbocycles. The fourth-order valence-electron chi connectivity index (χ4n) is 1.41. The normalized spacial score (nSPS) is 12.8. The van der Waals surface area contributed by atoms with E-state index in [-0.39, 0.29) is 6.04 Å². The minimum absolute atomic E-state index is 0.100. The largest absolute Gasteiger partial charge is 0.508 e. The van der Waals surface area contributed by atoms with Crippen molar-refractivity contribution >= 4 is 0 Å². The van der Waals surface area contributed by atoms with E-state index in [1.165, 1.54) is 5.56 Å². The predicted molar refractivity (Wildman–Crippen MR) is 54.7 cm³/mol. The summed E-state index contributed by atoms with van der Waals surface area (Å²) in [6.07, 6.45) is 2.16. The zero-order valence-corrected chi connectivity index (χ0v) is 8.25. The van der Waals surface area contributed by atoms with Gasteiger partial charge in [-0.3, -0.25) is 0 Å². The van der Waals surface area contributed by atoms with Gasteiger partial charge in [-0.15, -0.1) is 0 Å². The maximum Gasteiger partial charge on any atom is 0.120 e. The van der Waals surface area contributed by atoms with Gasteiger partial charge >= 0.3 is 0 Å². The molecule has 0 aliphatic carbocycles. The SMILES string of the molecule is CCCc1ccc(O)c([C@H](C)N)c1. The molecule has 0 aliphatic rings. The van der Waals surface area contributed by atoms with Gasteiger partial charge < -0.3 is 10.8 Å². The Morgan fingerprint density at radius 3 is 2.69 bits per heavy atom. The number of rotatable bonds is 3. The number of nitrogens with two attached hydrogens (primary N) is 1. The lowest BCUT2D eigenvalue weighted by molar-refractivity contribution is 0.463. The maximum absolute atomic E-state index is 9.49. The van der Waals surface area contributed by atoms with Gasteiger partial charge in [0.2, 0.25) is 0 Å². The van der Waals surface area contributed by atoms with Gasteiger partial charge in [0, 0.05) is 11.6 Å². The van der Waals surface area contributed by atoms with Crippen molar-refractivity contribution in [1.29, 1.82) is 0 Å². The summed E-state index contributed by atoms with van der Waals surface area (Å²) in [7, 11) is 0. The third-order valence-electron chi connectivity index (χ3n) is 2.12. The molecule has 1 atom stereocenters. The van der Waals surface area contributed by atoms with Crippen LogP contribution in [0.2, 0.25) is 0 Å². The van der Waals surface area contributed by atoms with Crippen LogP contribution in [0.25, 0.3) is 0 Å². The van der Waals surface area contributed by atoms with E-state index in [1.54, 1.807) is 6.07 Å². The second-order valence-electron chi connectivity index (χ2n) is 3.43. The lowest BCUT2D eigenvalue weighted by atomic mass is 10.0. The highest BCUT2D eigenvalue weighted by molar-refractivity contribution is 5.38. The zero-order valence-electron chi connectivity index (χ0n) is 8.25. The lowest BCUT2D eigenvalue weighted by Crippen LogP contribution is -2.05. The van der Waals surface area contributed by atoms with E-state index < -0.39 is 0 Å². The van der Waals surface area contributed by atoms with E-state index in [4.69, 9.17) is 5.73 Å². The Morgan fingerprint density at radius 1 is 1.46 bits per heavy atom. The van der Waals surface area contributed by atoms with Crippen LogP contribution in [0.15, 0.2) is 18.2 Å². The van der Waals surface area contributed by atoms with Gasteiger partial charge in [0.1, 0.15) is 5.75 Å². The van der Waals surface area contributed by atoms with Crippen molar-refractivity contribution in [2.75, 3.05) is 0 Å². The minimum atomic E-state index is -0.100. The standard InChI is InChI=1S/C11H17NO/c1-3-4-9-5-6-11(13)10(7-9)8(2)12/h5-8,13H,3-4,12H2,1-2H3/t8-/m0/s1. The van der Waals surface area contributed by atoms with Crippen LogP contribution in [0, 0.1) is 0 Å². The molecule has 0 aliphatic heterocycles. The summed E-state index contributed by atoms with van der Waals surface area (Å²) in [5, 5.41) is 9.49. The highest BCUT2D eigenvalue weighted by Crippen LogP contribution is 2.23. The van der Waals surface area contributed by atoms with Crippen molar-refractivity contribution in [1.82, 2.24) is 0 Å². The van der Waals surface area contributed by atoms with Crippen LogP contribution in [-0.2, 0) is 6.42 Å². The van der Waals surface area contributed by atoms with E-state index in [2.05, 4.69) is 6.92 Å². The zero-order chi connectivity index (χ0) is 9.84. The smallest absolute Gasteiger partial charge is 0.120 e. The fraction of sp³-hybridized carbons (Fsp3) is 0.455. The molecule has 1 rings (SSSR count). The van der Waals surface area contributed by atoms with Crippen molar-refractivity contribution in [3.8, 4) is 5.75 Å². The topological polar surface area (TPSA) is 46.2 Å². The Hall–Kier alpha value is -1.02. The molecule has 1 aromatic rings. The molecule has 3 N–H and O–H groups in total. The Bertz CT molecular complexity index is 281.